The SMILES string of the molecule is CCNc1nccc2[nH]nc(C3=NN(C)N(CCCOC)C3)c12. The number of hydrogen-bond donors (Lipinski definition) is 2. The van der Waals surface area contributed by atoms with Gasteiger partial charge in [0.1, 0.15) is 17.2 Å². The van der Waals surface area contributed by atoms with Gasteiger partial charge in [0.05, 0.1) is 17.4 Å². The number of methoxy groups -OCH3 is 1. The molecule has 8 heteroatoms. The zero-order chi connectivity index (χ0) is 16.2. The lowest BCUT2D eigenvalue weighted by Crippen LogP contribution is -2.34. The number of anilines is 1. The Morgan fingerprint density at radius 2 is 2.30 bits per heavy atom. The number of H-pyrrole nitrogens is 1. The average molecular weight is 317 g/mol. The minimum Gasteiger partial charge on any atom is -0.385 e. The Labute approximate surface area is 135 Å². The molecule has 1 aliphatic rings. The predicted octanol–water partition coefficient (Wildman–Crippen LogP) is 1.29. The summed E-state index contributed by atoms with van der Waals surface area (Å²) in [5.74, 6) is 0.844. The van der Waals surface area contributed by atoms with Crippen LogP contribution < -0.4 is 5.32 Å². The largest absolute Gasteiger partial charge is 0.385 e. The Kier molecular flexibility index (Phi) is 4.73. The number of aromatic nitrogens is 3. The van der Waals surface area contributed by atoms with E-state index in [1.54, 1.807) is 13.3 Å². The lowest BCUT2D eigenvalue weighted by Gasteiger charge is -2.22. The van der Waals surface area contributed by atoms with Crippen molar-refractivity contribution in [2.24, 2.45) is 5.10 Å². The summed E-state index contributed by atoms with van der Waals surface area (Å²) in [6, 6.07) is 1.93. The van der Waals surface area contributed by atoms with E-state index in [4.69, 9.17) is 4.74 Å². The number of nitrogens with zero attached hydrogens (tertiary/aromatic N) is 5. The topological polar surface area (TPSA) is 81.7 Å². The molecule has 0 spiro atoms. The van der Waals surface area contributed by atoms with E-state index in [0.29, 0.717) is 0 Å². The molecule has 1 aliphatic heterocycles. The minimum absolute atomic E-state index is 0.737. The van der Waals surface area contributed by atoms with E-state index in [2.05, 4.69) is 37.5 Å². The first-order valence-electron chi connectivity index (χ1n) is 7.87. The summed E-state index contributed by atoms with van der Waals surface area (Å²) < 4.78 is 5.12. The van der Waals surface area contributed by atoms with Crippen molar-refractivity contribution in [3.63, 3.8) is 0 Å². The number of hydrazine groups is 1. The van der Waals surface area contributed by atoms with E-state index in [1.165, 1.54) is 0 Å². The monoisotopic (exact) mass is 317 g/mol. The van der Waals surface area contributed by atoms with Crippen molar-refractivity contribution in [2.45, 2.75) is 13.3 Å². The third kappa shape index (κ3) is 3.13. The van der Waals surface area contributed by atoms with E-state index in [9.17, 15) is 0 Å². The van der Waals surface area contributed by atoms with Crippen LogP contribution in [-0.2, 0) is 4.74 Å². The second-order valence-electron chi connectivity index (χ2n) is 5.46. The fourth-order valence-electron chi connectivity index (χ4n) is 2.76. The molecule has 2 aromatic heterocycles. The Balaban J connectivity index is 1.85. The van der Waals surface area contributed by atoms with Gasteiger partial charge in [0.2, 0.25) is 0 Å². The molecule has 0 unspecified atom stereocenters. The quantitative estimate of drug-likeness (QED) is 0.749. The van der Waals surface area contributed by atoms with Gasteiger partial charge in [0, 0.05) is 40.1 Å². The molecule has 0 aromatic carbocycles. The van der Waals surface area contributed by atoms with Crippen molar-refractivity contribution in [3.8, 4) is 0 Å². The highest BCUT2D eigenvalue weighted by molar-refractivity contribution is 6.13. The summed E-state index contributed by atoms with van der Waals surface area (Å²) in [6.45, 7) is 5.25. The van der Waals surface area contributed by atoms with Crippen LogP contribution >= 0.6 is 0 Å². The Bertz CT molecular complexity index is 696. The first-order valence-corrected chi connectivity index (χ1v) is 7.87. The molecule has 0 bridgehead atoms. The van der Waals surface area contributed by atoms with Crippen LogP contribution in [0.15, 0.2) is 17.4 Å². The lowest BCUT2D eigenvalue weighted by atomic mass is 10.1. The molecule has 0 saturated heterocycles. The maximum Gasteiger partial charge on any atom is 0.137 e. The van der Waals surface area contributed by atoms with Crippen LogP contribution in [0, 0.1) is 0 Å². The number of ether oxygens (including phenoxy) is 1. The van der Waals surface area contributed by atoms with Crippen LogP contribution in [0.3, 0.4) is 0 Å². The van der Waals surface area contributed by atoms with Crippen molar-refractivity contribution in [3.05, 3.63) is 18.0 Å². The molecular formula is C15H23N7O. The molecule has 8 nitrogen and oxygen atoms in total. The summed E-state index contributed by atoms with van der Waals surface area (Å²) in [4.78, 5) is 4.43. The molecule has 0 amide bonds. The molecule has 3 heterocycles. The molecule has 23 heavy (non-hydrogen) atoms. The Morgan fingerprint density at radius 3 is 3.09 bits per heavy atom. The zero-order valence-electron chi connectivity index (χ0n) is 13.8. The molecule has 0 aliphatic carbocycles. The minimum atomic E-state index is 0.737. The number of nitrogens with one attached hydrogen (secondary N) is 2. The van der Waals surface area contributed by atoms with Gasteiger partial charge in [0.15, 0.2) is 0 Å². The molecule has 0 fully saturated rings. The predicted molar refractivity (Wildman–Crippen MR) is 90.4 cm³/mol. The van der Waals surface area contributed by atoms with Gasteiger partial charge in [-0.1, -0.05) is 0 Å². The molecular weight excluding hydrogens is 294 g/mol. The summed E-state index contributed by atoms with van der Waals surface area (Å²) in [5.41, 5.74) is 2.78. The van der Waals surface area contributed by atoms with E-state index in [0.717, 1.165) is 60.8 Å². The van der Waals surface area contributed by atoms with E-state index >= 15 is 0 Å². The number of pyridine rings is 1. The number of hydrogen-bond acceptors (Lipinski definition) is 7. The van der Waals surface area contributed by atoms with Crippen molar-refractivity contribution in [1.29, 1.82) is 0 Å². The summed E-state index contributed by atoms with van der Waals surface area (Å²) in [5, 5.41) is 20.5. The lowest BCUT2D eigenvalue weighted by molar-refractivity contribution is 0.0292. The second-order valence-corrected chi connectivity index (χ2v) is 5.46. The summed E-state index contributed by atoms with van der Waals surface area (Å²) >= 11 is 0. The van der Waals surface area contributed by atoms with Crippen LogP contribution in [-0.4, -0.2) is 71.4 Å². The average Bonchev–Trinajstić information content (AvgIpc) is 3.12. The maximum atomic E-state index is 5.12. The van der Waals surface area contributed by atoms with Gasteiger partial charge in [-0.3, -0.25) is 5.10 Å². The second kappa shape index (κ2) is 6.93. The first kappa shape index (κ1) is 15.7. The maximum absolute atomic E-state index is 5.12. The standard InChI is InChI=1S/C15H23N7O/c1-4-16-15-13-11(6-7-17-15)18-19-14(13)12-10-22(21(2)20-12)8-5-9-23-3/h6-7H,4-5,8-10H2,1-3H3,(H,16,17)(H,18,19). The van der Waals surface area contributed by atoms with Crippen LogP contribution in [0.25, 0.3) is 10.9 Å². The van der Waals surface area contributed by atoms with E-state index < -0.39 is 0 Å². The van der Waals surface area contributed by atoms with Gasteiger partial charge in [-0.2, -0.15) is 15.2 Å². The van der Waals surface area contributed by atoms with Gasteiger partial charge in [-0.25, -0.2) is 10.1 Å². The van der Waals surface area contributed by atoms with Gasteiger partial charge in [-0.05, 0) is 19.4 Å². The van der Waals surface area contributed by atoms with E-state index in [-0.39, 0.29) is 0 Å². The van der Waals surface area contributed by atoms with Crippen molar-refractivity contribution in [1.82, 2.24) is 25.3 Å². The van der Waals surface area contributed by atoms with Crippen LogP contribution in [0.1, 0.15) is 19.0 Å². The Hall–Kier alpha value is -2.19. The number of rotatable bonds is 7. The highest BCUT2D eigenvalue weighted by Gasteiger charge is 2.25. The van der Waals surface area contributed by atoms with Gasteiger partial charge < -0.3 is 10.1 Å². The van der Waals surface area contributed by atoms with Crippen molar-refractivity contribution >= 4 is 22.4 Å². The zero-order valence-corrected chi connectivity index (χ0v) is 13.8. The molecule has 2 aromatic rings. The van der Waals surface area contributed by atoms with Crippen molar-refractivity contribution < 1.29 is 4.74 Å². The molecule has 3 rings (SSSR count). The van der Waals surface area contributed by atoms with Gasteiger partial charge >= 0.3 is 0 Å². The number of aromatic amines is 1. The fraction of sp³-hybridized carbons (Fsp3) is 0.533. The molecule has 0 atom stereocenters. The third-order valence-electron chi connectivity index (χ3n) is 3.87. The highest BCUT2D eigenvalue weighted by Crippen LogP contribution is 2.25. The molecule has 0 radical (unpaired) electrons. The summed E-state index contributed by atoms with van der Waals surface area (Å²) in [7, 11) is 3.68. The highest BCUT2D eigenvalue weighted by atomic mass is 16.5. The molecule has 0 saturated carbocycles. The van der Waals surface area contributed by atoms with Crippen molar-refractivity contribution in [2.75, 3.05) is 45.7 Å². The number of hydrazone groups is 1. The van der Waals surface area contributed by atoms with Crippen LogP contribution in [0.4, 0.5) is 5.82 Å². The first-order chi connectivity index (χ1) is 11.2. The fourth-order valence-corrected chi connectivity index (χ4v) is 2.76. The molecule has 124 valence electrons. The van der Waals surface area contributed by atoms with Gasteiger partial charge in [0.25, 0.3) is 0 Å². The molecule has 2 N–H and O–H groups in total. The van der Waals surface area contributed by atoms with Gasteiger partial charge in [-0.15, -0.1) is 0 Å². The third-order valence-corrected chi connectivity index (χ3v) is 3.87. The summed E-state index contributed by atoms with van der Waals surface area (Å²) in [6.07, 6.45) is 2.75. The Morgan fingerprint density at radius 1 is 1.43 bits per heavy atom. The van der Waals surface area contributed by atoms with Crippen LogP contribution in [0.5, 0.6) is 0 Å². The van der Waals surface area contributed by atoms with Crippen LogP contribution in [0.2, 0.25) is 0 Å². The smallest absolute Gasteiger partial charge is 0.137 e. The van der Waals surface area contributed by atoms with E-state index in [1.807, 2.05) is 18.2 Å². The number of fused-ring (bicyclic) bond motifs is 1. The normalized spacial score (nSPS) is 15.4.